The van der Waals surface area contributed by atoms with Crippen LogP contribution >= 0.6 is 0 Å². The van der Waals surface area contributed by atoms with E-state index in [0.717, 1.165) is 50.0 Å². The molecule has 5 nitrogen and oxygen atoms in total. The molecule has 2 heterocycles. The Kier molecular flexibility index (Phi) is 4.53. The summed E-state index contributed by atoms with van der Waals surface area (Å²) in [6.45, 7) is 7.02. The summed E-state index contributed by atoms with van der Waals surface area (Å²) in [4.78, 5) is 13.5. The Morgan fingerprint density at radius 2 is 1.77 bits per heavy atom. The van der Waals surface area contributed by atoms with Crippen LogP contribution in [0.5, 0.6) is 5.75 Å². The van der Waals surface area contributed by atoms with Gasteiger partial charge in [-0.15, -0.1) is 0 Å². The van der Waals surface area contributed by atoms with Gasteiger partial charge in [0.2, 0.25) is 0 Å². The second kappa shape index (κ2) is 6.75. The van der Waals surface area contributed by atoms with Crippen LogP contribution in [0.4, 0.5) is 5.69 Å². The molecule has 0 amide bonds. The van der Waals surface area contributed by atoms with Crippen LogP contribution in [-0.4, -0.2) is 48.2 Å². The van der Waals surface area contributed by atoms with Crippen LogP contribution in [-0.2, 0) is 6.54 Å². The van der Waals surface area contributed by atoms with Gasteiger partial charge in [-0.1, -0.05) is 0 Å². The third kappa shape index (κ3) is 3.54. The van der Waals surface area contributed by atoms with Crippen molar-refractivity contribution < 1.29 is 4.74 Å². The minimum atomic E-state index is 0.842. The number of nitrogens with zero attached hydrogens (tertiary/aromatic N) is 4. The Bertz CT molecular complexity index is 606. The Morgan fingerprint density at radius 1 is 1.05 bits per heavy atom. The summed E-state index contributed by atoms with van der Waals surface area (Å²) >= 11 is 0. The fourth-order valence-electron chi connectivity index (χ4n) is 2.78. The van der Waals surface area contributed by atoms with Gasteiger partial charge in [-0.25, -0.2) is 9.97 Å². The predicted octanol–water partition coefficient (Wildman–Crippen LogP) is 2.12. The zero-order valence-corrected chi connectivity index (χ0v) is 13.2. The van der Waals surface area contributed by atoms with Crippen LogP contribution < -0.4 is 9.64 Å². The minimum absolute atomic E-state index is 0.842. The van der Waals surface area contributed by atoms with E-state index in [1.807, 2.05) is 31.3 Å². The first kappa shape index (κ1) is 14.8. The maximum absolute atomic E-state index is 5.21. The van der Waals surface area contributed by atoms with E-state index in [1.54, 1.807) is 7.11 Å². The molecule has 0 radical (unpaired) electrons. The van der Waals surface area contributed by atoms with Crippen LogP contribution in [0.25, 0.3) is 0 Å². The zero-order valence-electron chi connectivity index (χ0n) is 13.2. The van der Waals surface area contributed by atoms with Gasteiger partial charge in [0, 0.05) is 44.6 Å². The average molecular weight is 298 g/mol. The molecular formula is C17H22N4O. The first-order valence-corrected chi connectivity index (χ1v) is 7.64. The van der Waals surface area contributed by atoms with E-state index in [4.69, 9.17) is 4.74 Å². The maximum Gasteiger partial charge on any atom is 0.125 e. The average Bonchev–Trinajstić information content (AvgIpc) is 2.56. The van der Waals surface area contributed by atoms with Crippen molar-refractivity contribution in [2.24, 2.45) is 0 Å². The molecule has 1 aliphatic rings. The van der Waals surface area contributed by atoms with E-state index in [1.165, 1.54) is 5.69 Å². The van der Waals surface area contributed by atoms with Crippen molar-refractivity contribution in [2.75, 3.05) is 38.2 Å². The highest BCUT2D eigenvalue weighted by molar-refractivity contribution is 5.49. The van der Waals surface area contributed by atoms with Gasteiger partial charge in [0.05, 0.1) is 12.8 Å². The fraction of sp³-hybridized carbons (Fsp3) is 0.412. The topological polar surface area (TPSA) is 41.5 Å². The Labute approximate surface area is 131 Å². The molecule has 1 aliphatic heterocycles. The first-order chi connectivity index (χ1) is 10.7. The molecule has 0 N–H and O–H groups in total. The molecule has 0 unspecified atom stereocenters. The van der Waals surface area contributed by atoms with E-state index in [2.05, 4.69) is 31.9 Å². The molecule has 0 atom stereocenters. The molecule has 0 aliphatic carbocycles. The smallest absolute Gasteiger partial charge is 0.125 e. The molecule has 2 aromatic rings. The fourth-order valence-corrected chi connectivity index (χ4v) is 2.78. The van der Waals surface area contributed by atoms with Crippen molar-refractivity contribution in [1.82, 2.24) is 14.9 Å². The van der Waals surface area contributed by atoms with Gasteiger partial charge in [-0.2, -0.15) is 0 Å². The number of benzene rings is 1. The second-order valence-corrected chi connectivity index (χ2v) is 5.56. The van der Waals surface area contributed by atoms with Crippen molar-refractivity contribution in [3.05, 3.63) is 48.0 Å². The molecule has 116 valence electrons. The van der Waals surface area contributed by atoms with Crippen molar-refractivity contribution in [3.8, 4) is 5.75 Å². The van der Waals surface area contributed by atoms with Gasteiger partial charge in [-0.3, -0.25) is 4.90 Å². The SMILES string of the molecule is COc1ccc(N2CCN(Cc3ccnc(C)n3)CC2)cc1. The van der Waals surface area contributed by atoms with Crippen molar-refractivity contribution >= 4 is 5.69 Å². The normalized spacial score (nSPS) is 15.8. The Balaban J connectivity index is 1.55. The molecule has 22 heavy (non-hydrogen) atoms. The summed E-state index contributed by atoms with van der Waals surface area (Å²) in [5.74, 6) is 1.75. The standard InChI is InChI=1S/C17H22N4O/c1-14-18-8-7-15(19-14)13-20-9-11-21(12-10-20)16-3-5-17(22-2)6-4-16/h3-8H,9-13H2,1-2H3. The van der Waals surface area contributed by atoms with Crippen LogP contribution in [0.3, 0.4) is 0 Å². The molecule has 0 saturated carbocycles. The molecule has 0 spiro atoms. The maximum atomic E-state index is 5.21. The summed E-state index contributed by atoms with van der Waals surface area (Å²) in [5, 5.41) is 0. The summed E-state index contributed by atoms with van der Waals surface area (Å²) in [6.07, 6.45) is 1.84. The lowest BCUT2D eigenvalue weighted by molar-refractivity contribution is 0.247. The number of anilines is 1. The van der Waals surface area contributed by atoms with E-state index >= 15 is 0 Å². The molecule has 1 aromatic carbocycles. The number of methoxy groups -OCH3 is 1. The Hall–Kier alpha value is -2.14. The number of hydrogen-bond donors (Lipinski definition) is 0. The monoisotopic (exact) mass is 298 g/mol. The summed E-state index contributed by atoms with van der Waals surface area (Å²) in [7, 11) is 1.70. The summed E-state index contributed by atoms with van der Waals surface area (Å²) in [5.41, 5.74) is 2.36. The lowest BCUT2D eigenvalue weighted by Gasteiger charge is -2.36. The quantitative estimate of drug-likeness (QED) is 0.865. The summed E-state index contributed by atoms with van der Waals surface area (Å²) < 4.78 is 5.21. The molecule has 1 aromatic heterocycles. The van der Waals surface area contributed by atoms with Gasteiger partial charge in [0.15, 0.2) is 0 Å². The van der Waals surface area contributed by atoms with Crippen molar-refractivity contribution in [2.45, 2.75) is 13.5 Å². The number of piperazine rings is 1. The van der Waals surface area contributed by atoms with Crippen molar-refractivity contribution in [3.63, 3.8) is 0 Å². The van der Waals surface area contributed by atoms with Gasteiger partial charge < -0.3 is 9.64 Å². The highest BCUT2D eigenvalue weighted by atomic mass is 16.5. The second-order valence-electron chi connectivity index (χ2n) is 5.56. The van der Waals surface area contributed by atoms with E-state index < -0.39 is 0 Å². The molecule has 1 saturated heterocycles. The van der Waals surface area contributed by atoms with Crippen LogP contribution in [0.2, 0.25) is 0 Å². The number of ether oxygens (including phenoxy) is 1. The molecule has 1 fully saturated rings. The van der Waals surface area contributed by atoms with E-state index in [0.29, 0.717) is 0 Å². The number of aromatic nitrogens is 2. The van der Waals surface area contributed by atoms with Crippen molar-refractivity contribution in [1.29, 1.82) is 0 Å². The van der Waals surface area contributed by atoms with Gasteiger partial charge in [0.1, 0.15) is 11.6 Å². The third-order valence-electron chi connectivity index (χ3n) is 4.03. The molecule has 0 bridgehead atoms. The third-order valence-corrected chi connectivity index (χ3v) is 4.03. The van der Waals surface area contributed by atoms with Gasteiger partial charge >= 0.3 is 0 Å². The van der Waals surface area contributed by atoms with E-state index in [9.17, 15) is 0 Å². The van der Waals surface area contributed by atoms with Crippen LogP contribution in [0.15, 0.2) is 36.5 Å². The van der Waals surface area contributed by atoms with Gasteiger partial charge in [-0.05, 0) is 37.3 Å². The molecule has 5 heteroatoms. The Morgan fingerprint density at radius 3 is 2.41 bits per heavy atom. The van der Waals surface area contributed by atoms with Crippen LogP contribution in [0.1, 0.15) is 11.5 Å². The van der Waals surface area contributed by atoms with Crippen LogP contribution in [0, 0.1) is 6.92 Å². The van der Waals surface area contributed by atoms with Gasteiger partial charge in [0.25, 0.3) is 0 Å². The lowest BCUT2D eigenvalue weighted by atomic mass is 10.2. The number of aryl methyl sites for hydroxylation is 1. The zero-order chi connectivity index (χ0) is 15.4. The number of hydrogen-bond acceptors (Lipinski definition) is 5. The molecule has 3 rings (SSSR count). The minimum Gasteiger partial charge on any atom is -0.497 e. The molecular weight excluding hydrogens is 276 g/mol. The number of rotatable bonds is 4. The lowest BCUT2D eigenvalue weighted by Crippen LogP contribution is -2.46. The highest BCUT2D eigenvalue weighted by Crippen LogP contribution is 2.20. The predicted molar refractivity (Wildman–Crippen MR) is 87.3 cm³/mol. The largest absolute Gasteiger partial charge is 0.497 e. The summed E-state index contributed by atoms with van der Waals surface area (Å²) in [6, 6.07) is 10.3. The van der Waals surface area contributed by atoms with E-state index in [-0.39, 0.29) is 0 Å². The first-order valence-electron chi connectivity index (χ1n) is 7.64. The highest BCUT2D eigenvalue weighted by Gasteiger charge is 2.17.